The molecule has 10 aliphatic rings. The summed E-state index contributed by atoms with van der Waals surface area (Å²) in [6.07, 6.45) is 22.7. The molecule has 10 saturated carbocycles. The normalized spacial score (nSPS) is 55.5. The highest BCUT2D eigenvalue weighted by Gasteiger charge is 2.74. The minimum Gasteiger partial charge on any atom is -0.481 e. The molecule has 10 rings (SSSR count). The van der Waals surface area contributed by atoms with Crippen LogP contribution in [0, 0.1) is 113 Å². The number of carbonyl (C=O) groups excluding carboxylic acids is 1. The van der Waals surface area contributed by atoms with Crippen molar-refractivity contribution in [3.05, 3.63) is 24.3 Å². The third kappa shape index (κ3) is 6.24. The molecule has 0 aliphatic heterocycles. The van der Waals surface area contributed by atoms with Gasteiger partial charge in [0, 0.05) is 11.8 Å². The Morgan fingerprint density at radius 3 is 1.37 bits per heavy atom. The van der Waals surface area contributed by atoms with E-state index in [9.17, 15) is 29.7 Å². The fourth-order valence-electron chi connectivity index (χ4n) is 23.4. The van der Waals surface area contributed by atoms with Gasteiger partial charge < -0.3 is 15.3 Å². The monoisotopic (exact) mass is 939 g/mol. The molecule has 0 radical (unpaired) electrons. The second-order valence-corrected chi connectivity index (χ2v) is 28.9. The molecular formula is C62H98O6. The van der Waals surface area contributed by atoms with E-state index in [1.807, 2.05) is 0 Å². The molecule has 21 atom stereocenters. The van der Waals surface area contributed by atoms with Crippen molar-refractivity contribution in [3.63, 3.8) is 0 Å². The number of aliphatic hydroxyl groups excluding tert-OH is 1. The Balaban J connectivity index is 0.000000170. The number of Topliss-reactive ketones (excluding diaryl/α,β-unsaturated/α-hetero) is 1. The van der Waals surface area contributed by atoms with Gasteiger partial charge in [0.2, 0.25) is 0 Å². The molecule has 0 saturated heterocycles. The molecule has 0 aromatic heterocycles. The van der Waals surface area contributed by atoms with Gasteiger partial charge in [0.05, 0.1) is 16.9 Å². The predicted octanol–water partition coefficient (Wildman–Crippen LogP) is 15.2. The molecule has 68 heavy (non-hydrogen) atoms. The van der Waals surface area contributed by atoms with Crippen molar-refractivity contribution in [1.82, 2.24) is 0 Å². The van der Waals surface area contributed by atoms with Crippen LogP contribution < -0.4 is 0 Å². The summed E-state index contributed by atoms with van der Waals surface area (Å²) < 4.78 is 0. The number of fused-ring (bicyclic) bond motifs is 14. The van der Waals surface area contributed by atoms with Crippen LogP contribution in [0.3, 0.4) is 0 Å². The first-order valence-corrected chi connectivity index (χ1v) is 28.6. The zero-order valence-corrected chi connectivity index (χ0v) is 45.4. The molecule has 6 nitrogen and oxygen atoms in total. The fraction of sp³-hybridized carbons (Fsp3) is 0.887. The number of ketones is 1. The molecule has 0 heterocycles. The highest BCUT2D eigenvalue weighted by molar-refractivity contribution is 5.86. The standard InChI is InChI=1S/C31H50O3.C31H48O3/c2*1-8-27(4)22-12-15-30(7)23(28(22,5)14-13-24(27)32)10-9-21-25-20(19(2)3)11-16-31(25,26(33)34)18-17-29(21,30)6/h20-25,32H,2,8-18H2,1,3-7H3,(H,33,34);20-23,25H,2,8-18H2,1,3-7H3,(H,33,34). The van der Waals surface area contributed by atoms with Gasteiger partial charge in [-0.1, -0.05) is 93.5 Å². The quantitative estimate of drug-likeness (QED) is 0.229. The Morgan fingerprint density at radius 1 is 0.515 bits per heavy atom. The third-order valence-corrected chi connectivity index (χ3v) is 27.8. The van der Waals surface area contributed by atoms with Gasteiger partial charge in [-0.3, -0.25) is 14.4 Å². The lowest BCUT2D eigenvalue weighted by Crippen LogP contribution is -2.67. The van der Waals surface area contributed by atoms with Gasteiger partial charge >= 0.3 is 11.9 Å². The number of hydrogen-bond donors (Lipinski definition) is 3. The Bertz CT molecular complexity index is 2090. The molecule has 0 bridgehead atoms. The van der Waals surface area contributed by atoms with E-state index in [0.717, 1.165) is 103 Å². The second-order valence-electron chi connectivity index (χ2n) is 28.9. The summed E-state index contributed by atoms with van der Waals surface area (Å²) in [5.41, 5.74) is 2.46. The maximum absolute atomic E-state index is 13.1. The SMILES string of the molecule is C=C(C)C1CCC2(C(=O)O)CCC3(C)C(CCC4C5(C)CCC(=O)C(C)(CC)C5CCC43C)C12.C=C(C)C1CCC2(C(=O)O)CCC3(C)C(CCC4C5(C)CCC(O)C(C)(CC)C5CCC43C)C12. The van der Waals surface area contributed by atoms with E-state index >= 15 is 0 Å². The van der Waals surface area contributed by atoms with Crippen LogP contribution in [-0.4, -0.2) is 39.1 Å². The highest BCUT2D eigenvalue weighted by Crippen LogP contribution is 2.80. The predicted molar refractivity (Wildman–Crippen MR) is 273 cm³/mol. The average molecular weight is 939 g/mol. The summed E-state index contributed by atoms with van der Waals surface area (Å²) in [5.74, 6) is 3.93. The molecule has 0 aromatic rings. The first-order valence-electron chi connectivity index (χ1n) is 28.6. The van der Waals surface area contributed by atoms with Gasteiger partial charge in [-0.05, 0) is 246 Å². The van der Waals surface area contributed by atoms with E-state index in [0.29, 0.717) is 53.1 Å². The molecule has 0 spiro atoms. The van der Waals surface area contributed by atoms with Crippen molar-refractivity contribution in [2.75, 3.05) is 0 Å². The van der Waals surface area contributed by atoms with Crippen LogP contribution in [-0.2, 0) is 14.4 Å². The number of allylic oxidation sites excluding steroid dienone is 2. The highest BCUT2D eigenvalue weighted by atomic mass is 16.4. The van der Waals surface area contributed by atoms with Gasteiger partial charge in [-0.25, -0.2) is 0 Å². The van der Waals surface area contributed by atoms with Crippen LogP contribution in [0.15, 0.2) is 24.3 Å². The molecule has 10 fully saturated rings. The first kappa shape index (κ1) is 51.0. The Morgan fingerprint density at radius 2 is 0.956 bits per heavy atom. The number of carbonyl (C=O) groups is 3. The molecule has 21 unspecified atom stereocenters. The minimum absolute atomic E-state index is 0.0214. The number of carboxylic acid groups (broad SMARTS) is 2. The number of aliphatic hydroxyl groups is 1. The summed E-state index contributed by atoms with van der Waals surface area (Å²) >= 11 is 0. The maximum atomic E-state index is 13.1. The second kappa shape index (κ2) is 16.3. The Hall–Kier alpha value is -1.95. The van der Waals surface area contributed by atoms with Crippen LogP contribution in [0.4, 0.5) is 0 Å². The van der Waals surface area contributed by atoms with Crippen molar-refractivity contribution in [3.8, 4) is 0 Å². The summed E-state index contributed by atoms with van der Waals surface area (Å²) in [6, 6.07) is 0. The zero-order chi connectivity index (χ0) is 49.8. The Kier molecular flexibility index (Phi) is 12.2. The molecule has 382 valence electrons. The Labute approximate surface area is 413 Å². The minimum atomic E-state index is -0.546. The van der Waals surface area contributed by atoms with Crippen LogP contribution in [0.5, 0.6) is 0 Å². The number of carboxylic acids is 2. The summed E-state index contributed by atoms with van der Waals surface area (Å²) in [4.78, 5) is 38.7. The topological polar surface area (TPSA) is 112 Å². The maximum Gasteiger partial charge on any atom is 0.309 e. The lowest BCUT2D eigenvalue weighted by atomic mass is 9.32. The van der Waals surface area contributed by atoms with Crippen molar-refractivity contribution in [2.45, 2.75) is 230 Å². The zero-order valence-electron chi connectivity index (χ0n) is 45.4. The number of hydrogen-bond acceptors (Lipinski definition) is 4. The molecular weight excluding hydrogens is 841 g/mol. The van der Waals surface area contributed by atoms with Crippen molar-refractivity contribution in [2.24, 2.45) is 113 Å². The van der Waals surface area contributed by atoms with Gasteiger partial charge in [-0.15, -0.1) is 0 Å². The molecule has 0 amide bonds. The number of aliphatic carboxylic acids is 2. The van der Waals surface area contributed by atoms with E-state index in [-0.39, 0.29) is 61.3 Å². The molecule has 0 aromatic carbocycles. The van der Waals surface area contributed by atoms with Crippen molar-refractivity contribution < 1.29 is 29.7 Å². The molecule has 10 aliphatic carbocycles. The lowest BCUT2D eigenvalue weighted by Gasteiger charge is -2.73. The fourth-order valence-corrected chi connectivity index (χ4v) is 23.4. The first-order chi connectivity index (χ1) is 31.6. The van der Waals surface area contributed by atoms with E-state index in [4.69, 9.17) is 0 Å². The molecule has 6 heteroatoms. The van der Waals surface area contributed by atoms with Crippen LogP contribution in [0.1, 0.15) is 224 Å². The van der Waals surface area contributed by atoms with E-state index < -0.39 is 22.8 Å². The van der Waals surface area contributed by atoms with Gasteiger partial charge in [0.15, 0.2) is 0 Å². The van der Waals surface area contributed by atoms with Crippen molar-refractivity contribution in [1.29, 1.82) is 0 Å². The number of rotatable bonds is 6. The van der Waals surface area contributed by atoms with Gasteiger partial charge in [0.1, 0.15) is 5.78 Å². The summed E-state index contributed by atoms with van der Waals surface area (Å²) in [6.45, 7) is 37.6. The summed E-state index contributed by atoms with van der Waals surface area (Å²) in [5, 5.41) is 32.1. The van der Waals surface area contributed by atoms with Gasteiger partial charge in [-0.2, -0.15) is 0 Å². The largest absolute Gasteiger partial charge is 0.481 e. The van der Waals surface area contributed by atoms with Crippen molar-refractivity contribution >= 4 is 17.7 Å². The van der Waals surface area contributed by atoms with Crippen LogP contribution >= 0.6 is 0 Å². The molecule has 3 N–H and O–H groups in total. The van der Waals surface area contributed by atoms with E-state index in [2.05, 4.69) is 96.2 Å². The average Bonchev–Trinajstić information content (AvgIpc) is 3.89. The van der Waals surface area contributed by atoms with Gasteiger partial charge in [0.25, 0.3) is 0 Å². The smallest absolute Gasteiger partial charge is 0.309 e. The summed E-state index contributed by atoms with van der Waals surface area (Å²) in [7, 11) is 0. The van der Waals surface area contributed by atoms with E-state index in [1.54, 1.807) is 0 Å². The third-order valence-electron chi connectivity index (χ3n) is 27.8. The van der Waals surface area contributed by atoms with E-state index in [1.165, 1.54) is 49.7 Å². The lowest BCUT2D eigenvalue weighted by molar-refractivity contribution is -0.250. The van der Waals surface area contributed by atoms with Crippen LogP contribution in [0.2, 0.25) is 0 Å². The van der Waals surface area contributed by atoms with Crippen LogP contribution in [0.25, 0.3) is 0 Å².